The van der Waals surface area contributed by atoms with Gasteiger partial charge >= 0.3 is 0 Å². The number of hydrogen-bond donors (Lipinski definition) is 0. The van der Waals surface area contributed by atoms with E-state index < -0.39 is 0 Å². The molecule has 0 saturated carbocycles. The quantitative estimate of drug-likeness (QED) is 0.788. The molecule has 0 unspecified atom stereocenters. The lowest BCUT2D eigenvalue weighted by atomic mass is 10.2. The molecule has 0 radical (unpaired) electrons. The van der Waals surface area contributed by atoms with Gasteiger partial charge < -0.3 is 19.1 Å². The summed E-state index contributed by atoms with van der Waals surface area (Å²) in [7, 11) is 0. The third-order valence-electron chi connectivity index (χ3n) is 3.20. The van der Waals surface area contributed by atoms with Gasteiger partial charge in [-0.1, -0.05) is 0 Å². The molecule has 5 nitrogen and oxygen atoms in total. The smallest absolute Gasteiger partial charge is 0.268 e. The first-order chi connectivity index (χ1) is 9.15. The molecule has 0 aromatic carbocycles. The SMILES string of the molecule is C[C@@H]1CN(C(=O)c2scc3c2OCCO3)C[C@H](C)O1. The normalized spacial score (nSPS) is 26.3. The Bertz CT molecular complexity index is 477. The number of carbonyl (C=O) groups excluding carboxylic acids is 1. The average Bonchev–Trinajstić information content (AvgIpc) is 2.80. The minimum atomic E-state index is 0.0127. The maximum absolute atomic E-state index is 12.6. The van der Waals surface area contributed by atoms with Crippen molar-refractivity contribution in [3.63, 3.8) is 0 Å². The second-order valence-corrected chi connectivity index (χ2v) is 5.80. The zero-order chi connectivity index (χ0) is 13.4. The number of amides is 1. The van der Waals surface area contributed by atoms with Gasteiger partial charge in [0, 0.05) is 18.5 Å². The fourth-order valence-corrected chi connectivity index (χ4v) is 3.39. The summed E-state index contributed by atoms with van der Waals surface area (Å²) in [6.45, 7) is 6.26. The molecule has 1 aromatic heterocycles. The third-order valence-corrected chi connectivity index (χ3v) is 4.13. The van der Waals surface area contributed by atoms with Crippen LogP contribution in [0, 0.1) is 0 Å². The zero-order valence-electron chi connectivity index (χ0n) is 11.0. The number of thiophene rings is 1. The van der Waals surface area contributed by atoms with Crippen LogP contribution in [0.1, 0.15) is 23.5 Å². The topological polar surface area (TPSA) is 48.0 Å². The van der Waals surface area contributed by atoms with Crippen LogP contribution in [-0.2, 0) is 4.74 Å². The zero-order valence-corrected chi connectivity index (χ0v) is 11.9. The summed E-state index contributed by atoms with van der Waals surface area (Å²) in [5.74, 6) is 1.31. The molecule has 0 spiro atoms. The van der Waals surface area contributed by atoms with Crippen molar-refractivity contribution in [3.8, 4) is 11.5 Å². The van der Waals surface area contributed by atoms with Crippen LogP contribution in [0.25, 0.3) is 0 Å². The van der Waals surface area contributed by atoms with Gasteiger partial charge in [-0.15, -0.1) is 11.3 Å². The highest BCUT2D eigenvalue weighted by Crippen LogP contribution is 2.40. The van der Waals surface area contributed by atoms with Crippen LogP contribution < -0.4 is 9.47 Å². The predicted molar refractivity (Wildman–Crippen MR) is 71.2 cm³/mol. The van der Waals surface area contributed by atoms with E-state index in [1.807, 2.05) is 24.1 Å². The summed E-state index contributed by atoms with van der Waals surface area (Å²) in [5.41, 5.74) is 0. The largest absolute Gasteiger partial charge is 0.485 e. The van der Waals surface area contributed by atoms with Crippen LogP contribution in [0.4, 0.5) is 0 Å². The lowest BCUT2D eigenvalue weighted by molar-refractivity contribution is -0.0585. The van der Waals surface area contributed by atoms with Gasteiger partial charge in [0.15, 0.2) is 11.5 Å². The Balaban J connectivity index is 1.82. The predicted octanol–water partition coefficient (Wildman–Crippen LogP) is 1.77. The number of morpholine rings is 1. The van der Waals surface area contributed by atoms with Gasteiger partial charge in [0.05, 0.1) is 12.2 Å². The van der Waals surface area contributed by atoms with Crippen LogP contribution in [0.2, 0.25) is 0 Å². The fourth-order valence-electron chi connectivity index (χ4n) is 2.50. The summed E-state index contributed by atoms with van der Waals surface area (Å²) >= 11 is 1.39. The molecule has 1 saturated heterocycles. The van der Waals surface area contributed by atoms with Gasteiger partial charge in [-0.25, -0.2) is 0 Å². The highest BCUT2D eigenvalue weighted by molar-refractivity contribution is 7.12. The maximum atomic E-state index is 12.6. The van der Waals surface area contributed by atoms with Gasteiger partial charge in [-0.3, -0.25) is 4.79 Å². The summed E-state index contributed by atoms with van der Waals surface area (Å²) in [6.07, 6.45) is 0.140. The molecule has 2 aliphatic rings. The van der Waals surface area contributed by atoms with E-state index >= 15 is 0 Å². The van der Waals surface area contributed by atoms with Crippen LogP contribution in [0.5, 0.6) is 11.5 Å². The Morgan fingerprint density at radius 2 is 1.95 bits per heavy atom. The second kappa shape index (κ2) is 5.02. The van der Waals surface area contributed by atoms with Gasteiger partial charge in [-0.2, -0.15) is 0 Å². The average molecular weight is 283 g/mol. The lowest BCUT2D eigenvalue weighted by Gasteiger charge is -2.35. The molecule has 1 fully saturated rings. The van der Waals surface area contributed by atoms with E-state index in [2.05, 4.69) is 0 Å². The summed E-state index contributed by atoms with van der Waals surface area (Å²) in [6, 6.07) is 0. The fraction of sp³-hybridized carbons (Fsp3) is 0.615. The molecule has 3 rings (SSSR count). The van der Waals surface area contributed by atoms with Gasteiger partial charge in [0.2, 0.25) is 0 Å². The second-order valence-electron chi connectivity index (χ2n) is 4.92. The molecule has 3 heterocycles. The van der Waals surface area contributed by atoms with Crippen molar-refractivity contribution in [1.82, 2.24) is 4.90 Å². The van der Waals surface area contributed by atoms with Crippen molar-refractivity contribution in [2.45, 2.75) is 26.1 Å². The molecule has 104 valence electrons. The van der Waals surface area contributed by atoms with Crippen molar-refractivity contribution in [1.29, 1.82) is 0 Å². The minimum Gasteiger partial charge on any atom is -0.485 e. The van der Waals surface area contributed by atoms with E-state index in [0.717, 1.165) is 0 Å². The van der Waals surface area contributed by atoms with E-state index in [1.165, 1.54) is 11.3 Å². The first kappa shape index (κ1) is 12.7. The molecular weight excluding hydrogens is 266 g/mol. The van der Waals surface area contributed by atoms with Crippen LogP contribution in [-0.4, -0.2) is 49.3 Å². The molecular formula is C13H17NO4S. The standard InChI is InChI=1S/C13H17NO4S/c1-8-5-14(6-9(2)18-8)13(15)12-11-10(7-19-12)16-3-4-17-11/h7-9H,3-6H2,1-2H3/t8-,9+. The van der Waals surface area contributed by atoms with Crippen molar-refractivity contribution in [2.75, 3.05) is 26.3 Å². The number of ether oxygens (including phenoxy) is 3. The molecule has 0 N–H and O–H groups in total. The van der Waals surface area contributed by atoms with Gasteiger partial charge in [0.25, 0.3) is 5.91 Å². The summed E-state index contributed by atoms with van der Waals surface area (Å²) < 4.78 is 16.7. The molecule has 0 aliphatic carbocycles. The lowest BCUT2D eigenvalue weighted by Crippen LogP contribution is -2.48. The molecule has 19 heavy (non-hydrogen) atoms. The van der Waals surface area contributed by atoms with E-state index in [9.17, 15) is 4.79 Å². The van der Waals surface area contributed by atoms with E-state index in [4.69, 9.17) is 14.2 Å². The van der Waals surface area contributed by atoms with E-state index in [0.29, 0.717) is 42.7 Å². The van der Waals surface area contributed by atoms with Crippen LogP contribution in [0.15, 0.2) is 5.38 Å². The molecule has 2 atom stereocenters. The molecule has 2 aliphatic heterocycles. The van der Waals surface area contributed by atoms with Crippen LogP contribution >= 0.6 is 11.3 Å². The number of carbonyl (C=O) groups is 1. The Hall–Kier alpha value is -1.27. The Kier molecular flexibility index (Phi) is 3.36. The van der Waals surface area contributed by atoms with Gasteiger partial charge in [-0.05, 0) is 13.8 Å². The molecule has 1 amide bonds. The maximum Gasteiger partial charge on any atom is 0.268 e. The monoisotopic (exact) mass is 283 g/mol. The Labute approximate surface area is 116 Å². The summed E-state index contributed by atoms with van der Waals surface area (Å²) in [4.78, 5) is 15.0. The highest BCUT2D eigenvalue weighted by Gasteiger charge is 2.31. The third kappa shape index (κ3) is 2.42. The first-order valence-electron chi connectivity index (χ1n) is 6.47. The molecule has 1 aromatic rings. The summed E-state index contributed by atoms with van der Waals surface area (Å²) in [5, 5.41) is 1.84. The number of fused-ring (bicyclic) bond motifs is 1. The van der Waals surface area contributed by atoms with Gasteiger partial charge in [0.1, 0.15) is 18.1 Å². The highest BCUT2D eigenvalue weighted by atomic mass is 32.1. The molecule has 6 heteroatoms. The van der Waals surface area contributed by atoms with Crippen molar-refractivity contribution in [2.24, 2.45) is 0 Å². The van der Waals surface area contributed by atoms with E-state index in [-0.39, 0.29) is 18.1 Å². The number of nitrogens with zero attached hydrogens (tertiary/aromatic N) is 1. The Morgan fingerprint density at radius 3 is 2.68 bits per heavy atom. The first-order valence-corrected chi connectivity index (χ1v) is 7.35. The van der Waals surface area contributed by atoms with Crippen molar-refractivity contribution in [3.05, 3.63) is 10.3 Å². The minimum absolute atomic E-state index is 0.0127. The van der Waals surface area contributed by atoms with E-state index in [1.54, 1.807) is 0 Å². The number of rotatable bonds is 1. The van der Waals surface area contributed by atoms with Crippen molar-refractivity contribution < 1.29 is 19.0 Å². The Morgan fingerprint density at radius 1 is 1.26 bits per heavy atom. The van der Waals surface area contributed by atoms with Crippen molar-refractivity contribution >= 4 is 17.2 Å². The van der Waals surface area contributed by atoms with Crippen LogP contribution in [0.3, 0.4) is 0 Å². The molecule has 0 bridgehead atoms. The number of hydrogen-bond acceptors (Lipinski definition) is 5.